The molecule has 2 aromatic rings. The van der Waals surface area contributed by atoms with Crippen molar-refractivity contribution in [2.45, 2.75) is 6.54 Å². The van der Waals surface area contributed by atoms with Gasteiger partial charge in [-0.25, -0.2) is 4.39 Å². The monoisotopic (exact) mass is 312 g/mol. The minimum absolute atomic E-state index is 0.0759. The van der Waals surface area contributed by atoms with Crippen molar-refractivity contribution >= 4 is 29.1 Å². The van der Waals surface area contributed by atoms with Gasteiger partial charge in [-0.15, -0.1) is 0 Å². The summed E-state index contributed by atoms with van der Waals surface area (Å²) in [6.45, 7) is 0.306. The number of carbonyl (C=O) groups is 1. The van der Waals surface area contributed by atoms with Crippen molar-refractivity contribution in [3.05, 3.63) is 63.6 Å². The third-order valence-corrected chi connectivity index (χ3v) is 3.31. The van der Waals surface area contributed by atoms with E-state index in [2.05, 4.69) is 4.98 Å². The molecular weight excluding hydrogens is 302 g/mol. The second-order valence-corrected chi connectivity index (χ2v) is 5.04. The van der Waals surface area contributed by atoms with Crippen molar-refractivity contribution in [2.75, 3.05) is 7.05 Å². The molecule has 0 N–H and O–H groups in total. The second kappa shape index (κ2) is 6.20. The van der Waals surface area contributed by atoms with Crippen LogP contribution in [0.15, 0.2) is 36.5 Å². The Morgan fingerprint density at radius 2 is 2.05 bits per heavy atom. The summed E-state index contributed by atoms with van der Waals surface area (Å²) in [7, 11) is 1.60. The molecule has 0 atom stereocenters. The zero-order chi connectivity index (χ0) is 14.7. The van der Waals surface area contributed by atoms with Gasteiger partial charge in [-0.3, -0.25) is 9.78 Å². The average molecular weight is 313 g/mol. The number of carbonyl (C=O) groups excluding carboxylic acids is 1. The largest absolute Gasteiger partial charge is 0.336 e. The van der Waals surface area contributed by atoms with Gasteiger partial charge in [0.2, 0.25) is 0 Å². The Morgan fingerprint density at radius 1 is 1.30 bits per heavy atom. The third kappa shape index (κ3) is 3.26. The Labute approximate surface area is 125 Å². The van der Waals surface area contributed by atoms with Crippen molar-refractivity contribution in [1.29, 1.82) is 0 Å². The van der Waals surface area contributed by atoms with Crippen LogP contribution in [-0.2, 0) is 6.54 Å². The summed E-state index contributed by atoms with van der Waals surface area (Å²) in [5, 5.41) is 0.00759. The van der Waals surface area contributed by atoms with Crippen LogP contribution in [0.1, 0.15) is 16.1 Å². The van der Waals surface area contributed by atoms with Crippen molar-refractivity contribution in [2.24, 2.45) is 0 Å². The van der Waals surface area contributed by atoms with Gasteiger partial charge in [0, 0.05) is 13.2 Å². The first-order valence-corrected chi connectivity index (χ1v) is 6.54. The molecule has 2 rings (SSSR count). The lowest BCUT2D eigenvalue weighted by Gasteiger charge is -2.17. The predicted octanol–water partition coefficient (Wildman–Crippen LogP) is 3.80. The van der Waals surface area contributed by atoms with Gasteiger partial charge in [0.15, 0.2) is 0 Å². The molecule has 1 aromatic heterocycles. The van der Waals surface area contributed by atoms with E-state index in [1.54, 1.807) is 25.4 Å². The number of rotatable bonds is 3. The molecule has 1 amide bonds. The van der Waals surface area contributed by atoms with Gasteiger partial charge < -0.3 is 4.90 Å². The maximum absolute atomic E-state index is 13.4. The number of nitrogens with zero attached hydrogens (tertiary/aromatic N) is 2. The molecule has 0 aliphatic heterocycles. The summed E-state index contributed by atoms with van der Waals surface area (Å²) in [6.07, 6.45) is 1.64. The van der Waals surface area contributed by atoms with E-state index in [9.17, 15) is 9.18 Å². The van der Waals surface area contributed by atoms with Crippen molar-refractivity contribution in [1.82, 2.24) is 9.88 Å². The predicted molar refractivity (Wildman–Crippen MR) is 76.5 cm³/mol. The van der Waals surface area contributed by atoms with Crippen molar-refractivity contribution in [3.8, 4) is 0 Å². The number of amides is 1. The SMILES string of the molecule is CN(Cc1ccccn1)C(=O)c1cc(F)c(Cl)cc1Cl. The van der Waals surface area contributed by atoms with E-state index >= 15 is 0 Å². The summed E-state index contributed by atoms with van der Waals surface area (Å²) < 4.78 is 13.4. The molecule has 0 radical (unpaired) electrons. The van der Waals surface area contributed by atoms with Crippen LogP contribution in [0.5, 0.6) is 0 Å². The Morgan fingerprint density at radius 3 is 2.70 bits per heavy atom. The van der Waals surface area contributed by atoms with Gasteiger partial charge in [-0.05, 0) is 24.3 Å². The zero-order valence-electron chi connectivity index (χ0n) is 10.6. The Hall–Kier alpha value is -1.65. The summed E-state index contributed by atoms with van der Waals surface area (Å²) in [6, 6.07) is 7.68. The fourth-order valence-electron chi connectivity index (χ4n) is 1.70. The Kier molecular flexibility index (Phi) is 4.57. The maximum atomic E-state index is 13.4. The van der Waals surface area contributed by atoms with E-state index in [4.69, 9.17) is 23.2 Å². The van der Waals surface area contributed by atoms with E-state index in [0.29, 0.717) is 6.54 Å². The lowest BCUT2D eigenvalue weighted by molar-refractivity contribution is 0.0783. The maximum Gasteiger partial charge on any atom is 0.255 e. The summed E-state index contributed by atoms with van der Waals surface area (Å²) in [5.41, 5.74) is 0.806. The first-order valence-electron chi connectivity index (χ1n) is 5.79. The van der Waals surface area contributed by atoms with Crippen LogP contribution in [0.25, 0.3) is 0 Å². The average Bonchev–Trinajstić information content (AvgIpc) is 2.43. The van der Waals surface area contributed by atoms with E-state index in [1.165, 1.54) is 11.0 Å². The lowest BCUT2D eigenvalue weighted by atomic mass is 10.2. The highest BCUT2D eigenvalue weighted by Crippen LogP contribution is 2.25. The zero-order valence-corrected chi connectivity index (χ0v) is 12.1. The molecule has 6 heteroatoms. The Balaban J connectivity index is 2.21. The number of hydrogen-bond donors (Lipinski definition) is 0. The van der Waals surface area contributed by atoms with Crippen LogP contribution in [0.4, 0.5) is 4.39 Å². The molecule has 0 spiro atoms. The van der Waals surface area contributed by atoms with Crippen LogP contribution >= 0.6 is 23.2 Å². The highest BCUT2D eigenvalue weighted by Gasteiger charge is 2.18. The van der Waals surface area contributed by atoms with E-state index < -0.39 is 11.7 Å². The van der Waals surface area contributed by atoms with Crippen molar-refractivity contribution < 1.29 is 9.18 Å². The second-order valence-electron chi connectivity index (χ2n) is 4.23. The van der Waals surface area contributed by atoms with Gasteiger partial charge in [0.05, 0.1) is 27.8 Å². The minimum Gasteiger partial charge on any atom is -0.336 e. The number of aromatic nitrogens is 1. The molecule has 1 heterocycles. The molecule has 20 heavy (non-hydrogen) atoms. The quantitative estimate of drug-likeness (QED) is 0.808. The van der Waals surface area contributed by atoms with Gasteiger partial charge in [0.1, 0.15) is 5.82 Å². The summed E-state index contributed by atoms with van der Waals surface area (Å²) >= 11 is 11.5. The first-order chi connectivity index (χ1) is 9.49. The Bertz CT molecular complexity index is 635. The molecule has 0 fully saturated rings. The highest BCUT2D eigenvalue weighted by molar-refractivity contribution is 6.36. The molecule has 0 bridgehead atoms. The number of benzene rings is 1. The van der Waals surface area contributed by atoms with Crippen LogP contribution in [0.2, 0.25) is 10.0 Å². The molecule has 104 valence electrons. The van der Waals surface area contributed by atoms with Crippen molar-refractivity contribution in [3.63, 3.8) is 0 Å². The summed E-state index contributed by atoms with van der Waals surface area (Å²) in [5.74, 6) is -1.07. The van der Waals surface area contributed by atoms with E-state index in [-0.39, 0.29) is 15.6 Å². The smallest absolute Gasteiger partial charge is 0.255 e. The van der Waals surface area contributed by atoms with E-state index in [1.807, 2.05) is 6.07 Å². The van der Waals surface area contributed by atoms with Gasteiger partial charge in [-0.2, -0.15) is 0 Å². The van der Waals surface area contributed by atoms with Crippen LogP contribution in [-0.4, -0.2) is 22.8 Å². The topological polar surface area (TPSA) is 33.2 Å². The molecule has 1 aromatic carbocycles. The van der Waals surface area contributed by atoms with Crippen LogP contribution in [0.3, 0.4) is 0 Å². The molecule has 0 saturated heterocycles. The van der Waals surface area contributed by atoms with Gasteiger partial charge >= 0.3 is 0 Å². The number of pyridine rings is 1. The molecule has 0 saturated carbocycles. The molecule has 0 unspecified atom stereocenters. The lowest BCUT2D eigenvalue weighted by Crippen LogP contribution is -2.27. The fourth-order valence-corrected chi connectivity index (χ4v) is 2.16. The standard InChI is InChI=1S/C14H11Cl2FN2O/c1-19(8-9-4-2-3-5-18-9)14(20)10-6-13(17)12(16)7-11(10)15/h2-7H,8H2,1H3. The minimum atomic E-state index is -0.675. The first kappa shape index (κ1) is 14.8. The summed E-state index contributed by atoms with van der Waals surface area (Å²) in [4.78, 5) is 17.8. The molecular formula is C14H11Cl2FN2O. The molecule has 0 aliphatic rings. The normalized spacial score (nSPS) is 10.4. The third-order valence-electron chi connectivity index (χ3n) is 2.71. The van der Waals surface area contributed by atoms with Gasteiger partial charge in [-0.1, -0.05) is 29.3 Å². The molecule has 3 nitrogen and oxygen atoms in total. The number of hydrogen-bond acceptors (Lipinski definition) is 2. The van der Waals surface area contributed by atoms with Crippen LogP contribution < -0.4 is 0 Å². The molecule has 0 aliphatic carbocycles. The highest BCUT2D eigenvalue weighted by atomic mass is 35.5. The fraction of sp³-hybridized carbons (Fsp3) is 0.143. The van der Waals surface area contributed by atoms with E-state index in [0.717, 1.165) is 11.8 Å². The number of halogens is 3. The van der Waals surface area contributed by atoms with Gasteiger partial charge in [0.25, 0.3) is 5.91 Å². The van der Waals surface area contributed by atoms with Crippen LogP contribution in [0, 0.1) is 5.82 Å².